The molecule has 0 aliphatic carbocycles. The minimum absolute atomic E-state index is 0.0903. The van der Waals surface area contributed by atoms with Crippen LogP contribution in [0.3, 0.4) is 0 Å². The molecule has 2 aromatic rings. The van der Waals surface area contributed by atoms with Gasteiger partial charge in [-0.15, -0.1) is 0 Å². The number of carbonyl (C=O) groups excluding carboxylic acids is 1. The van der Waals surface area contributed by atoms with Gasteiger partial charge in [0, 0.05) is 63.2 Å². The third-order valence-electron chi connectivity index (χ3n) is 8.35. The lowest BCUT2D eigenvalue weighted by molar-refractivity contribution is -0.143. The number of piperazine rings is 1. The Morgan fingerprint density at radius 2 is 1.35 bits per heavy atom. The number of likely N-dealkylation sites (tertiary alicyclic amines) is 1. The number of alkyl halides is 6. The first kappa shape index (κ1) is 33.1. The third-order valence-corrected chi connectivity index (χ3v) is 9.65. The Balaban J connectivity index is 1.58. The largest absolute Gasteiger partial charge is 0.416 e. The van der Waals surface area contributed by atoms with Crippen LogP contribution in [0.2, 0.25) is 0 Å². The summed E-state index contributed by atoms with van der Waals surface area (Å²) in [7, 11) is -1.61. The van der Waals surface area contributed by atoms with Crippen LogP contribution in [0.25, 0.3) is 0 Å². The smallest absolute Gasteiger partial charge is 0.322 e. The van der Waals surface area contributed by atoms with Gasteiger partial charge in [-0.3, -0.25) is 0 Å². The first-order valence-electron chi connectivity index (χ1n) is 13.8. The van der Waals surface area contributed by atoms with Crippen molar-refractivity contribution >= 4 is 16.1 Å². The molecule has 2 heterocycles. The molecule has 4 rings (SSSR count). The average molecular weight is 635 g/mol. The van der Waals surface area contributed by atoms with E-state index in [2.05, 4.69) is 0 Å². The van der Waals surface area contributed by atoms with Gasteiger partial charge in [0.2, 0.25) is 10.0 Å². The van der Waals surface area contributed by atoms with E-state index in [-0.39, 0.29) is 68.9 Å². The molecule has 2 fully saturated rings. The maximum absolute atomic E-state index is 13.6. The zero-order chi connectivity index (χ0) is 32.0. The highest BCUT2D eigenvalue weighted by Crippen LogP contribution is 2.40. The predicted molar refractivity (Wildman–Crippen MR) is 150 cm³/mol. The van der Waals surface area contributed by atoms with E-state index in [9.17, 15) is 39.6 Å². The van der Waals surface area contributed by atoms with Crippen molar-refractivity contribution in [1.29, 1.82) is 0 Å². The summed E-state index contributed by atoms with van der Waals surface area (Å²) >= 11 is 0. The summed E-state index contributed by atoms with van der Waals surface area (Å²) in [5, 5.41) is 0. The number of benzene rings is 2. The Labute approximate surface area is 248 Å². The molecular formula is C29H36F6N4O3S. The lowest BCUT2D eigenvalue weighted by Gasteiger charge is -2.37. The number of hydrogen-bond acceptors (Lipinski definition) is 4. The van der Waals surface area contributed by atoms with E-state index in [1.165, 1.54) is 4.31 Å². The lowest BCUT2D eigenvalue weighted by Crippen LogP contribution is -2.53. The van der Waals surface area contributed by atoms with E-state index in [1.54, 1.807) is 30.7 Å². The van der Waals surface area contributed by atoms with Crippen molar-refractivity contribution in [3.05, 3.63) is 70.8 Å². The van der Waals surface area contributed by atoms with Crippen LogP contribution < -0.4 is 0 Å². The van der Waals surface area contributed by atoms with Gasteiger partial charge in [-0.05, 0) is 36.4 Å². The van der Waals surface area contributed by atoms with Crippen molar-refractivity contribution in [3.63, 3.8) is 0 Å². The lowest BCUT2D eigenvalue weighted by atomic mass is 9.81. The van der Waals surface area contributed by atoms with Crippen LogP contribution in [0.15, 0.2) is 48.5 Å². The standard InChI is InChI=1S/C29H36F6N4O3S/c1-27(2,21-14-22(28(30,31)32)16-23(15-21)29(33,34)35)19-36(3)25-18-38(17-24(25)20-8-6-5-7-9-20)26(40)37-10-12-39(13-11-37)43(4,41)42/h5-9,14-16,24-25H,10-13,17-19H2,1-4H3/t24-,25+/m1/s1. The van der Waals surface area contributed by atoms with E-state index < -0.39 is 38.9 Å². The van der Waals surface area contributed by atoms with Gasteiger partial charge in [0.15, 0.2) is 0 Å². The molecule has 2 aromatic carbocycles. The van der Waals surface area contributed by atoms with Crippen LogP contribution in [-0.4, -0.2) is 98.6 Å². The fraction of sp³-hybridized carbons (Fsp3) is 0.552. The molecule has 0 saturated carbocycles. The summed E-state index contributed by atoms with van der Waals surface area (Å²) in [5.74, 6) is -0.171. The van der Waals surface area contributed by atoms with Crippen LogP contribution in [0.1, 0.15) is 42.0 Å². The number of carbonyl (C=O) groups is 1. The second-order valence-electron chi connectivity index (χ2n) is 12.0. The number of urea groups is 1. The molecule has 2 aliphatic rings. The van der Waals surface area contributed by atoms with Crippen LogP contribution >= 0.6 is 0 Å². The Morgan fingerprint density at radius 3 is 1.84 bits per heavy atom. The molecule has 0 aromatic heterocycles. The Hall–Kier alpha value is -2.84. The second-order valence-corrected chi connectivity index (χ2v) is 14.0. The van der Waals surface area contributed by atoms with Gasteiger partial charge >= 0.3 is 18.4 Å². The average Bonchev–Trinajstić information content (AvgIpc) is 3.37. The Morgan fingerprint density at radius 1 is 0.837 bits per heavy atom. The molecule has 7 nitrogen and oxygen atoms in total. The molecule has 2 saturated heterocycles. The number of sulfonamides is 1. The summed E-state index contributed by atoms with van der Waals surface area (Å²) in [6.07, 6.45) is -8.77. The molecule has 2 aliphatic heterocycles. The maximum Gasteiger partial charge on any atom is 0.416 e. The predicted octanol–water partition coefficient (Wildman–Crippen LogP) is 5.10. The van der Waals surface area contributed by atoms with Gasteiger partial charge < -0.3 is 14.7 Å². The zero-order valence-corrected chi connectivity index (χ0v) is 25.2. The SMILES string of the molecule is CN(CC(C)(C)c1cc(C(F)(F)F)cc(C(F)(F)F)c1)[C@H]1CN(C(=O)N2CCN(S(C)(=O)=O)CC2)C[C@@H]1c1ccccc1. The summed E-state index contributed by atoms with van der Waals surface area (Å²) < 4.78 is 107. The third kappa shape index (κ3) is 7.63. The summed E-state index contributed by atoms with van der Waals surface area (Å²) in [5.41, 5.74) is -2.97. The number of halogens is 6. The van der Waals surface area contributed by atoms with Crippen molar-refractivity contribution in [1.82, 2.24) is 19.0 Å². The molecule has 0 N–H and O–H groups in total. The van der Waals surface area contributed by atoms with Crippen molar-refractivity contribution < 1.29 is 39.6 Å². The van der Waals surface area contributed by atoms with Crippen molar-refractivity contribution in [3.8, 4) is 0 Å². The topological polar surface area (TPSA) is 64.2 Å². The zero-order valence-electron chi connectivity index (χ0n) is 24.4. The fourth-order valence-corrected chi connectivity index (χ4v) is 6.83. The highest BCUT2D eigenvalue weighted by Gasteiger charge is 2.43. The molecule has 0 bridgehead atoms. The van der Waals surface area contributed by atoms with Crippen LogP contribution in [0.4, 0.5) is 31.1 Å². The molecule has 0 spiro atoms. The van der Waals surface area contributed by atoms with Gasteiger partial charge in [-0.1, -0.05) is 44.2 Å². The second kappa shape index (κ2) is 11.9. The molecule has 43 heavy (non-hydrogen) atoms. The fourth-order valence-electron chi connectivity index (χ4n) is 6.01. The minimum atomic E-state index is -4.95. The molecule has 0 radical (unpaired) electrons. The van der Waals surface area contributed by atoms with E-state index in [4.69, 9.17) is 0 Å². The Kier molecular flexibility index (Phi) is 9.17. The summed E-state index contributed by atoms with van der Waals surface area (Å²) in [6.45, 7) is 4.83. The van der Waals surface area contributed by atoms with Crippen molar-refractivity contribution in [2.24, 2.45) is 0 Å². The summed E-state index contributed by atoms with van der Waals surface area (Å²) in [4.78, 5) is 18.7. The normalized spacial score (nSPS) is 21.1. The molecule has 2 atom stereocenters. The Bertz CT molecular complexity index is 1380. The van der Waals surface area contributed by atoms with Gasteiger partial charge in [0.05, 0.1) is 17.4 Å². The minimum Gasteiger partial charge on any atom is -0.322 e. The number of likely N-dealkylation sites (N-methyl/N-ethyl adjacent to an activating group) is 1. The highest BCUT2D eigenvalue weighted by molar-refractivity contribution is 7.88. The molecule has 238 valence electrons. The van der Waals surface area contributed by atoms with E-state index in [0.29, 0.717) is 6.54 Å². The number of amides is 2. The number of hydrogen-bond donors (Lipinski definition) is 0. The van der Waals surface area contributed by atoms with Crippen LogP contribution in [0.5, 0.6) is 0 Å². The van der Waals surface area contributed by atoms with Crippen LogP contribution in [-0.2, 0) is 27.8 Å². The first-order valence-corrected chi connectivity index (χ1v) is 15.7. The first-order chi connectivity index (χ1) is 19.8. The monoisotopic (exact) mass is 634 g/mol. The maximum atomic E-state index is 13.6. The highest BCUT2D eigenvalue weighted by atomic mass is 32.2. The van der Waals surface area contributed by atoms with E-state index in [1.807, 2.05) is 35.2 Å². The number of nitrogens with zero attached hydrogens (tertiary/aromatic N) is 4. The number of rotatable bonds is 6. The van der Waals surface area contributed by atoms with Crippen molar-refractivity contribution in [2.45, 2.75) is 43.6 Å². The van der Waals surface area contributed by atoms with Gasteiger partial charge in [-0.2, -0.15) is 30.6 Å². The van der Waals surface area contributed by atoms with Crippen molar-refractivity contribution in [2.75, 3.05) is 59.1 Å². The molecular weight excluding hydrogens is 598 g/mol. The summed E-state index contributed by atoms with van der Waals surface area (Å²) in [6, 6.07) is 10.6. The molecule has 2 amide bonds. The van der Waals surface area contributed by atoms with Gasteiger partial charge in [0.1, 0.15) is 0 Å². The van der Waals surface area contributed by atoms with E-state index >= 15 is 0 Å². The van der Waals surface area contributed by atoms with Gasteiger partial charge in [-0.25, -0.2) is 13.2 Å². The van der Waals surface area contributed by atoms with Gasteiger partial charge in [0.25, 0.3) is 0 Å². The van der Waals surface area contributed by atoms with Crippen LogP contribution in [0, 0.1) is 0 Å². The van der Waals surface area contributed by atoms with E-state index in [0.717, 1.165) is 24.0 Å². The molecule has 14 heteroatoms. The molecule has 0 unspecified atom stereocenters. The quantitative estimate of drug-likeness (QED) is 0.415.